The Hall–Kier alpha value is -1.46. The van der Waals surface area contributed by atoms with E-state index in [1.807, 2.05) is 24.5 Å². The second kappa shape index (κ2) is 6.81. The molecule has 1 N–H and O–H groups in total. The van der Waals surface area contributed by atoms with Crippen LogP contribution in [-0.4, -0.2) is 14.7 Å². The molecule has 4 bridgehead atoms. The van der Waals surface area contributed by atoms with Gasteiger partial charge in [-0.3, -0.25) is 4.72 Å². The number of hydrogen-bond donors (Lipinski definition) is 1. The van der Waals surface area contributed by atoms with Crippen molar-refractivity contribution in [2.24, 2.45) is 17.8 Å². The van der Waals surface area contributed by atoms with Gasteiger partial charge in [-0.05, 0) is 104 Å². The molecule has 0 atom stereocenters. The Labute approximate surface area is 172 Å². The Morgan fingerprint density at radius 2 is 1.54 bits per heavy atom. The first-order valence-electron chi connectivity index (χ1n) is 10.2. The minimum Gasteiger partial charge on any atom is -0.280 e. The van der Waals surface area contributed by atoms with E-state index in [1.54, 1.807) is 30.0 Å². The molecule has 6 rings (SSSR count). The predicted molar refractivity (Wildman–Crippen MR) is 115 cm³/mol. The molecule has 0 unspecified atom stereocenters. The molecule has 0 spiro atoms. The molecule has 0 aliphatic heterocycles. The summed E-state index contributed by atoms with van der Waals surface area (Å²) in [6, 6.07) is 15.3. The van der Waals surface area contributed by atoms with Crippen molar-refractivity contribution in [3.05, 3.63) is 54.1 Å². The monoisotopic (exact) mass is 413 g/mol. The largest absolute Gasteiger partial charge is 0.280 e. The van der Waals surface area contributed by atoms with E-state index in [-0.39, 0.29) is 0 Å². The van der Waals surface area contributed by atoms with Crippen LogP contribution < -0.4 is 4.72 Å². The highest BCUT2D eigenvalue weighted by Crippen LogP contribution is 2.60. The lowest BCUT2D eigenvalue weighted by atomic mass is 9.48. The average molecular weight is 414 g/mol. The van der Waals surface area contributed by atoms with Crippen LogP contribution in [0.1, 0.15) is 44.1 Å². The summed E-state index contributed by atoms with van der Waals surface area (Å²) in [5.74, 6) is 2.67. The summed E-state index contributed by atoms with van der Waals surface area (Å²) in [6.45, 7) is 0. The van der Waals surface area contributed by atoms with E-state index in [2.05, 4.69) is 16.9 Å². The normalized spacial score (nSPS) is 31.1. The molecular formula is C23H27NO2S2. The molecule has 4 saturated carbocycles. The fraction of sp³-hybridized carbons (Fsp3) is 0.478. The van der Waals surface area contributed by atoms with E-state index in [1.165, 1.54) is 44.1 Å². The third kappa shape index (κ3) is 3.26. The van der Waals surface area contributed by atoms with Crippen molar-refractivity contribution < 1.29 is 8.42 Å². The van der Waals surface area contributed by atoms with Crippen molar-refractivity contribution in [2.45, 2.75) is 53.7 Å². The molecule has 4 aliphatic carbocycles. The molecule has 2 aromatic rings. The molecule has 0 radical (unpaired) electrons. The minimum atomic E-state index is -3.57. The van der Waals surface area contributed by atoms with E-state index in [4.69, 9.17) is 0 Å². The number of benzene rings is 2. The fourth-order valence-corrected chi connectivity index (χ4v) is 7.86. The number of sulfonamides is 1. The van der Waals surface area contributed by atoms with Crippen LogP contribution in [0.4, 0.5) is 5.69 Å². The highest BCUT2D eigenvalue weighted by molar-refractivity contribution is 7.98. The van der Waals surface area contributed by atoms with Gasteiger partial charge in [-0.2, -0.15) is 0 Å². The van der Waals surface area contributed by atoms with E-state index in [0.29, 0.717) is 16.0 Å². The number of thioether (sulfide) groups is 1. The standard InChI is InChI=1S/C23H27NO2S2/c1-27-21-4-2-3-20(12-21)24-28(25,26)22-7-5-19(6-8-22)23-13-16-9-17(14-23)11-18(10-16)15-23/h2-8,12,16-18,24H,9-11,13-15H2,1H3. The first kappa shape index (κ1) is 18.6. The van der Waals surface area contributed by atoms with Crippen molar-refractivity contribution in [1.82, 2.24) is 0 Å². The second-order valence-electron chi connectivity index (χ2n) is 9.06. The third-order valence-corrected chi connectivity index (χ3v) is 9.26. The van der Waals surface area contributed by atoms with Gasteiger partial charge in [0, 0.05) is 10.6 Å². The molecule has 148 valence electrons. The summed E-state index contributed by atoms with van der Waals surface area (Å²) in [4.78, 5) is 1.38. The van der Waals surface area contributed by atoms with Crippen molar-refractivity contribution in [3.63, 3.8) is 0 Å². The predicted octanol–water partition coefficient (Wildman–Crippen LogP) is 5.68. The number of nitrogens with one attached hydrogen (secondary N) is 1. The first-order chi connectivity index (χ1) is 13.5. The summed E-state index contributed by atoms with van der Waals surface area (Å²) in [7, 11) is -3.57. The summed E-state index contributed by atoms with van der Waals surface area (Å²) < 4.78 is 28.4. The Morgan fingerprint density at radius 3 is 2.11 bits per heavy atom. The van der Waals surface area contributed by atoms with Crippen LogP contribution in [0.3, 0.4) is 0 Å². The van der Waals surface area contributed by atoms with Crippen LogP contribution in [0.5, 0.6) is 0 Å². The van der Waals surface area contributed by atoms with Gasteiger partial charge in [0.15, 0.2) is 0 Å². The van der Waals surface area contributed by atoms with Gasteiger partial charge in [0.1, 0.15) is 0 Å². The molecule has 5 heteroatoms. The fourth-order valence-electron chi connectivity index (χ4n) is 6.35. The van der Waals surface area contributed by atoms with Gasteiger partial charge in [-0.15, -0.1) is 11.8 Å². The van der Waals surface area contributed by atoms with Crippen molar-refractivity contribution in [3.8, 4) is 0 Å². The summed E-state index contributed by atoms with van der Waals surface area (Å²) in [6.07, 6.45) is 10.1. The molecule has 0 aromatic heterocycles. The highest BCUT2D eigenvalue weighted by Gasteiger charge is 2.51. The van der Waals surface area contributed by atoms with Crippen molar-refractivity contribution >= 4 is 27.5 Å². The highest BCUT2D eigenvalue weighted by atomic mass is 32.2. The Morgan fingerprint density at radius 1 is 0.929 bits per heavy atom. The van der Waals surface area contributed by atoms with Gasteiger partial charge in [0.25, 0.3) is 10.0 Å². The zero-order valence-electron chi connectivity index (χ0n) is 16.2. The van der Waals surface area contributed by atoms with E-state index in [0.717, 1.165) is 22.6 Å². The molecule has 0 saturated heterocycles. The van der Waals surface area contributed by atoms with Crippen LogP contribution >= 0.6 is 11.8 Å². The van der Waals surface area contributed by atoms with Gasteiger partial charge < -0.3 is 0 Å². The molecular weight excluding hydrogens is 386 g/mol. The smallest absolute Gasteiger partial charge is 0.261 e. The lowest BCUT2D eigenvalue weighted by Gasteiger charge is -2.57. The Bertz CT molecular complexity index is 947. The number of rotatable bonds is 5. The Balaban J connectivity index is 1.39. The average Bonchev–Trinajstić information content (AvgIpc) is 2.67. The van der Waals surface area contributed by atoms with Crippen LogP contribution in [0.15, 0.2) is 58.3 Å². The summed E-state index contributed by atoms with van der Waals surface area (Å²) in [5.41, 5.74) is 2.27. The molecule has 0 heterocycles. The minimum absolute atomic E-state index is 0.303. The molecule has 4 aliphatic rings. The van der Waals surface area contributed by atoms with Crippen LogP contribution in [0, 0.1) is 17.8 Å². The number of anilines is 1. The van der Waals surface area contributed by atoms with Gasteiger partial charge in [-0.1, -0.05) is 18.2 Å². The van der Waals surface area contributed by atoms with Gasteiger partial charge >= 0.3 is 0 Å². The molecule has 28 heavy (non-hydrogen) atoms. The molecule has 3 nitrogen and oxygen atoms in total. The third-order valence-electron chi connectivity index (χ3n) is 7.14. The zero-order valence-corrected chi connectivity index (χ0v) is 17.9. The molecule has 2 aromatic carbocycles. The van der Waals surface area contributed by atoms with Gasteiger partial charge in [0.05, 0.1) is 4.90 Å². The van der Waals surface area contributed by atoms with E-state index < -0.39 is 10.0 Å². The van der Waals surface area contributed by atoms with Gasteiger partial charge in [-0.25, -0.2) is 8.42 Å². The Kier molecular flexibility index (Phi) is 4.51. The second-order valence-corrected chi connectivity index (χ2v) is 11.6. The lowest BCUT2D eigenvalue weighted by molar-refractivity contribution is -0.00521. The van der Waals surface area contributed by atoms with Gasteiger partial charge in [0.2, 0.25) is 0 Å². The van der Waals surface area contributed by atoms with Crippen LogP contribution in [0.25, 0.3) is 0 Å². The molecule has 4 fully saturated rings. The van der Waals surface area contributed by atoms with Crippen molar-refractivity contribution in [2.75, 3.05) is 11.0 Å². The SMILES string of the molecule is CSc1cccc(NS(=O)(=O)c2ccc(C34CC5CC(CC(C5)C3)C4)cc2)c1. The summed E-state index contributed by atoms with van der Waals surface area (Å²) in [5, 5.41) is 0. The summed E-state index contributed by atoms with van der Waals surface area (Å²) >= 11 is 1.60. The quantitative estimate of drug-likeness (QED) is 0.642. The maximum Gasteiger partial charge on any atom is 0.261 e. The van der Waals surface area contributed by atoms with Crippen LogP contribution in [0.2, 0.25) is 0 Å². The first-order valence-corrected chi connectivity index (χ1v) is 12.9. The maximum absolute atomic E-state index is 12.8. The van der Waals surface area contributed by atoms with Crippen LogP contribution in [-0.2, 0) is 15.4 Å². The van der Waals surface area contributed by atoms with Crippen molar-refractivity contribution in [1.29, 1.82) is 0 Å². The molecule has 0 amide bonds. The maximum atomic E-state index is 12.8. The van der Waals surface area contributed by atoms with E-state index >= 15 is 0 Å². The zero-order chi connectivity index (χ0) is 19.4. The topological polar surface area (TPSA) is 46.2 Å². The lowest BCUT2D eigenvalue weighted by Crippen LogP contribution is -2.48. The van der Waals surface area contributed by atoms with E-state index in [9.17, 15) is 8.42 Å². The number of hydrogen-bond acceptors (Lipinski definition) is 3.